The standard InChI is InChI=1S/C20H21N3O5S/c1-12(14-4-6-16(26-2)15(8-14)9-19(24)25)22-23-20(29)21-10-13-3-5-17-18(7-13)28-11-27-17/h3-8H,9-11H2,1-2H3,(H,24,25)(H2,21,23,29)/p-1/b22-12-. The van der Waals surface area contributed by atoms with E-state index < -0.39 is 5.97 Å². The minimum atomic E-state index is -1.18. The molecule has 152 valence electrons. The van der Waals surface area contributed by atoms with Gasteiger partial charge >= 0.3 is 0 Å². The average molecular weight is 414 g/mol. The summed E-state index contributed by atoms with van der Waals surface area (Å²) in [6, 6.07) is 10.9. The Labute approximate surface area is 173 Å². The number of nitrogens with zero attached hydrogens (tertiary/aromatic N) is 1. The Morgan fingerprint density at radius 2 is 2.03 bits per heavy atom. The van der Waals surface area contributed by atoms with Crippen LogP contribution in [-0.4, -0.2) is 30.7 Å². The van der Waals surface area contributed by atoms with Crippen LogP contribution in [0.15, 0.2) is 41.5 Å². The van der Waals surface area contributed by atoms with Crippen LogP contribution in [-0.2, 0) is 17.8 Å². The van der Waals surface area contributed by atoms with Crippen LogP contribution in [0.1, 0.15) is 23.6 Å². The maximum atomic E-state index is 10.9. The smallest absolute Gasteiger partial charge is 0.231 e. The van der Waals surface area contributed by atoms with Crippen molar-refractivity contribution in [3.8, 4) is 17.2 Å². The van der Waals surface area contributed by atoms with E-state index in [4.69, 9.17) is 26.4 Å². The van der Waals surface area contributed by atoms with E-state index >= 15 is 0 Å². The summed E-state index contributed by atoms with van der Waals surface area (Å²) in [5.41, 5.74) is 5.67. The summed E-state index contributed by atoms with van der Waals surface area (Å²) < 4.78 is 15.8. The minimum absolute atomic E-state index is 0.232. The van der Waals surface area contributed by atoms with E-state index in [1.54, 1.807) is 25.1 Å². The molecule has 2 aromatic rings. The van der Waals surface area contributed by atoms with E-state index in [0.717, 1.165) is 16.9 Å². The van der Waals surface area contributed by atoms with Crippen molar-refractivity contribution in [1.29, 1.82) is 0 Å². The lowest BCUT2D eigenvalue weighted by atomic mass is 10.0. The molecule has 9 heteroatoms. The zero-order valence-electron chi connectivity index (χ0n) is 16.0. The number of fused-ring (bicyclic) bond motifs is 1. The van der Waals surface area contributed by atoms with E-state index in [1.807, 2.05) is 18.2 Å². The third kappa shape index (κ3) is 5.35. The number of carbonyl (C=O) groups excluding carboxylic acids is 1. The number of hydrogen-bond acceptors (Lipinski definition) is 7. The summed E-state index contributed by atoms with van der Waals surface area (Å²) in [5.74, 6) is 0.748. The average Bonchev–Trinajstić information content (AvgIpc) is 3.17. The molecule has 0 spiro atoms. The summed E-state index contributed by atoms with van der Waals surface area (Å²) in [6.07, 6.45) is -0.243. The highest BCUT2D eigenvalue weighted by Gasteiger charge is 2.13. The van der Waals surface area contributed by atoms with Crippen molar-refractivity contribution in [2.45, 2.75) is 19.9 Å². The van der Waals surface area contributed by atoms with Crippen molar-refractivity contribution in [1.82, 2.24) is 10.7 Å². The van der Waals surface area contributed by atoms with E-state index in [-0.39, 0.29) is 13.2 Å². The molecule has 0 radical (unpaired) electrons. The highest BCUT2D eigenvalue weighted by Crippen LogP contribution is 2.32. The van der Waals surface area contributed by atoms with Gasteiger partial charge in [-0.15, -0.1) is 0 Å². The Morgan fingerprint density at radius 3 is 2.79 bits per heavy atom. The van der Waals surface area contributed by atoms with Gasteiger partial charge in [0.15, 0.2) is 16.6 Å². The summed E-state index contributed by atoms with van der Waals surface area (Å²) in [4.78, 5) is 10.9. The molecule has 2 aromatic carbocycles. The van der Waals surface area contributed by atoms with Crippen LogP contribution in [0.5, 0.6) is 17.2 Å². The monoisotopic (exact) mass is 414 g/mol. The molecule has 1 aliphatic rings. The SMILES string of the molecule is COc1ccc(/C(C)=N\NC(=S)NCc2ccc3c(c2)OCO3)cc1CC(=O)[O-]. The van der Waals surface area contributed by atoms with Gasteiger partial charge in [0.25, 0.3) is 0 Å². The number of methoxy groups -OCH3 is 1. The first-order valence-corrected chi connectivity index (χ1v) is 9.21. The fourth-order valence-corrected chi connectivity index (χ4v) is 2.89. The normalized spacial score (nSPS) is 12.4. The second kappa shape index (κ2) is 9.24. The number of carboxylic acids is 1. The molecule has 0 unspecified atom stereocenters. The van der Waals surface area contributed by atoms with Gasteiger partial charge in [-0.3, -0.25) is 5.43 Å². The van der Waals surface area contributed by atoms with Crippen molar-refractivity contribution in [3.05, 3.63) is 53.1 Å². The molecule has 1 aliphatic heterocycles. The third-order valence-corrected chi connectivity index (χ3v) is 4.48. The second-order valence-corrected chi connectivity index (χ2v) is 6.66. The third-order valence-electron chi connectivity index (χ3n) is 4.25. The van der Waals surface area contributed by atoms with E-state index in [1.165, 1.54) is 7.11 Å². The van der Waals surface area contributed by atoms with Crippen LogP contribution < -0.4 is 30.1 Å². The molecular weight excluding hydrogens is 394 g/mol. The molecule has 0 aliphatic carbocycles. The van der Waals surface area contributed by atoms with Crippen LogP contribution in [0, 0.1) is 0 Å². The Bertz CT molecular complexity index is 961. The molecule has 3 rings (SSSR count). The Balaban J connectivity index is 1.58. The number of thiocarbonyl (C=S) groups is 1. The maximum absolute atomic E-state index is 10.9. The first kappa shape index (κ1) is 20.4. The lowest BCUT2D eigenvalue weighted by Crippen LogP contribution is -2.32. The van der Waals surface area contributed by atoms with Crippen molar-refractivity contribution in [2.24, 2.45) is 5.10 Å². The van der Waals surface area contributed by atoms with Crippen molar-refractivity contribution < 1.29 is 24.1 Å². The first-order valence-electron chi connectivity index (χ1n) is 8.80. The molecule has 8 nitrogen and oxygen atoms in total. The summed E-state index contributed by atoms with van der Waals surface area (Å²) in [7, 11) is 1.49. The Kier molecular flexibility index (Phi) is 6.50. The number of nitrogens with one attached hydrogen (secondary N) is 2. The van der Waals surface area contributed by atoms with Crippen molar-refractivity contribution >= 4 is 29.0 Å². The number of hydrazone groups is 1. The number of carbonyl (C=O) groups is 1. The number of carboxylic acid groups (broad SMARTS) is 1. The molecule has 0 saturated heterocycles. The maximum Gasteiger partial charge on any atom is 0.231 e. The van der Waals surface area contributed by atoms with Gasteiger partial charge in [-0.1, -0.05) is 6.07 Å². The molecule has 0 bridgehead atoms. The van der Waals surface area contributed by atoms with E-state index in [9.17, 15) is 9.90 Å². The van der Waals surface area contributed by atoms with Gasteiger partial charge in [0.1, 0.15) is 5.75 Å². The van der Waals surface area contributed by atoms with Crippen LogP contribution in [0.4, 0.5) is 0 Å². The van der Waals surface area contributed by atoms with Gasteiger partial charge < -0.3 is 29.4 Å². The molecule has 1 heterocycles. The minimum Gasteiger partial charge on any atom is -0.550 e. The summed E-state index contributed by atoms with van der Waals surface area (Å²) >= 11 is 5.25. The molecule has 0 saturated carbocycles. The fourth-order valence-electron chi connectivity index (χ4n) is 2.77. The lowest BCUT2D eigenvalue weighted by Gasteiger charge is -2.12. The Morgan fingerprint density at radius 1 is 1.24 bits per heavy atom. The Hall–Kier alpha value is -3.33. The number of hydrogen-bond donors (Lipinski definition) is 2. The molecule has 29 heavy (non-hydrogen) atoms. The molecule has 0 aromatic heterocycles. The quantitative estimate of drug-likeness (QED) is 0.394. The van der Waals surface area contributed by atoms with Gasteiger partial charge in [0.05, 0.1) is 12.8 Å². The van der Waals surface area contributed by atoms with Crippen LogP contribution in [0.25, 0.3) is 0 Å². The number of benzene rings is 2. The zero-order chi connectivity index (χ0) is 20.8. The topological polar surface area (TPSA) is 104 Å². The highest BCUT2D eigenvalue weighted by molar-refractivity contribution is 7.80. The van der Waals surface area contributed by atoms with Gasteiger partial charge in [-0.2, -0.15) is 5.10 Å². The summed E-state index contributed by atoms with van der Waals surface area (Å²) in [6.45, 7) is 2.52. The number of rotatable bonds is 7. The van der Waals surface area contributed by atoms with E-state index in [0.29, 0.717) is 34.4 Å². The van der Waals surface area contributed by atoms with Gasteiger partial charge in [0.2, 0.25) is 6.79 Å². The van der Waals surface area contributed by atoms with Crippen molar-refractivity contribution in [3.63, 3.8) is 0 Å². The first-order chi connectivity index (χ1) is 14.0. The van der Waals surface area contributed by atoms with E-state index in [2.05, 4.69) is 15.8 Å². The van der Waals surface area contributed by atoms with Gasteiger partial charge in [-0.05, 0) is 60.6 Å². The second-order valence-electron chi connectivity index (χ2n) is 6.25. The molecule has 0 fully saturated rings. The van der Waals surface area contributed by atoms with Gasteiger partial charge in [0, 0.05) is 24.5 Å². The van der Waals surface area contributed by atoms with Crippen LogP contribution in [0.2, 0.25) is 0 Å². The largest absolute Gasteiger partial charge is 0.550 e. The number of ether oxygens (including phenoxy) is 3. The van der Waals surface area contributed by atoms with Crippen LogP contribution >= 0.6 is 12.2 Å². The summed E-state index contributed by atoms with van der Waals surface area (Å²) in [5, 5.41) is 18.6. The predicted molar refractivity (Wildman–Crippen MR) is 109 cm³/mol. The molecule has 0 amide bonds. The zero-order valence-corrected chi connectivity index (χ0v) is 16.8. The lowest BCUT2D eigenvalue weighted by molar-refractivity contribution is -0.304. The fraction of sp³-hybridized carbons (Fsp3) is 0.250. The highest BCUT2D eigenvalue weighted by atomic mass is 32.1. The molecule has 0 atom stereocenters. The molecule has 2 N–H and O–H groups in total. The predicted octanol–water partition coefficient (Wildman–Crippen LogP) is 1.10. The van der Waals surface area contributed by atoms with Crippen molar-refractivity contribution in [2.75, 3.05) is 13.9 Å². The van der Waals surface area contributed by atoms with Gasteiger partial charge in [-0.25, -0.2) is 0 Å². The molecular formula is C20H20N3O5S-. The number of aliphatic carboxylic acids is 1. The van der Waals surface area contributed by atoms with Crippen LogP contribution in [0.3, 0.4) is 0 Å².